The van der Waals surface area contributed by atoms with E-state index >= 15 is 0 Å². The number of ether oxygens (including phenoxy) is 1. The predicted molar refractivity (Wildman–Crippen MR) is 117 cm³/mol. The number of esters is 1. The third-order valence-electron chi connectivity index (χ3n) is 4.58. The van der Waals surface area contributed by atoms with Crippen LogP contribution in [0.25, 0.3) is 5.70 Å². The van der Waals surface area contributed by atoms with Gasteiger partial charge in [0.15, 0.2) is 0 Å². The number of dihydropyridines is 1. The Hall–Kier alpha value is -3.57. The van der Waals surface area contributed by atoms with E-state index in [1.807, 2.05) is 6.07 Å². The van der Waals surface area contributed by atoms with Crippen LogP contribution < -0.4 is 11.1 Å². The van der Waals surface area contributed by atoms with Crippen LogP contribution >= 0.6 is 11.8 Å². The van der Waals surface area contributed by atoms with Crippen molar-refractivity contribution in [3.05, 3.63) is 87.7 Å². The van der Waals surface area contributed by atoms with Crippen LogP contribution in [0.2, 0.25) is 0 Å². The zero-order valence-corrected chi connectivity index (χ0v) is 17.5. The summed E-state index contributed by atoms with van der Waals surface area (Å²) in [6.45, 7) is 1.79. The zero-order chi connectivity index (χ0) is 22.4. The number of benzene rings is 2. The van der Waals surface area contributed by atoms with E-state index in [0.29, 0.717) is 16.3 Å². The molecule has 1 aliphatic heterocycles. The summed E-state index contributed by atoms with van der Waals surface area (Å²) in [4.78, 5) is 24.4. The number of primary amides is 1. The lowest BCUT2D eigenvalue weighted by molar-refractivity contribution is -0.138. The smallest absolute Gasteiger partial charge is 0.337 e. The summed E-state index contributed by atoms with van der Waals surface area (Å²) in [5.41, 5.74) is 6.72. The van der Waals surface area contributed by atoms with E-state index < -0.39 is 23.6 Å². The molecule has 3 N–H and O–H groups in total. The number of carbonyl (C=O) groups excluding carboxylic acids is 2. The number of allylic oxidation sites excluding steroid dienone is 1. The van der Waals surface area contributed by atoms with Crippen LogP contribution in [0.5, 0.6) is 0 Å². The minimum absolute atomic E-state index is 0.0890. The molecule has 0 bridgehead atoms. The van der Waals surface area contributed by atoms with Crippen molar-refractivity contribution in [2.75, 3.05) is 12.4 Å². The Morgan fingerprint density at radius 3 is 2.48 bits per heavy atom. The molecule has 0 aliphatic carbocycles. The van der Waals surface area contributed by atoms with Gasteiger partial charge in [0.05, 0.1) is 46.2 Å². The Balaban J connectivity index is 2.30. The van der Waals surface area contributed by atoms with Crippen molar-refractivity contribution >= 4 is 29.3 Å². The van der Waals surface area contributed by atoms with E-state index in [1.54, 1.807) is 37.3 Å². The summed E-state index contributed by atoms with van der Waals surface area (Å²) in [6, 6.07) is 17.0. The van der Waals surface area contributed by atoms with Crippen LogP contribution in [-0.2, 0) is 14.3 Å². The molecule has 1 heterocycles. The van der Waals surface area contributed by atoms with Crippen LogP contribution in [0.15, 0.2) is 70.8 Å². The van der Waals surface area contributed by atoms with E-state index in [-0.39, 0.29) is 29.1 Å². The lowest BCUT2D eigenvalue weighted by atomic mass is 9.81. The van der Waals surface area contributed by atoms with E-state index in [2.05, 4.69) is 11.4 Å². The first-order valence-electron chi connectivity index (χ1n) is 9.51. The Kier molecular flexibility index (Phi) is 7.11. The highest BCUT2D eigenvalue weighted by Gasteiger charge is 2.38. The molecule has 0 radical (unpaired) electrons. The van der Waals surface area contributed by atoms with Crippen LogP contribution in [0.3, 0.4) is 0 Å². The first kappa shape index (κ1) is 22.1. The Morgan fingerprint density at radius 2 is 1.87 bits per heavy atom. The van der Waals surface area contributed by atoms with Gasteiger partial charge < -0.3 is 15.8 Å². The number of nitrogens with two attached hydrogens (primary N) is 1. The van der Waals surface area contributed by atoms with Gasteiger partial charge in [0.1, 0.15) is 5.82 Å². The van der Waals surface area contributed by atoms with Crippen molar-refractivity contribution in [2.45, 2.75) is 12.8 Å². The normalized spacial score (nSPS) is 15.8. The first-order chi connectivity index (χ1) is 15.0. The molecular weight excluding hydrogens is 417 g/mol. The molecule has 1 atom stereocenters. The average molecular weight is 437 g/mol. The first-order valence-corrected chi connectivity index (χ1v) is 10.5. The average Bonchev–Trinajstić information content (AvgIpc) is 2.77. The SMILES string of the molecule is CCOC(=O)C1=C(c2ccccc2)NC(SCC(N)=O)=C(C#N)[C@@H]1c1ccccc1F. The van der Waals surface area contributed by atoms with Gasteiger partial charge in [-0.25, -0.2) is 9.18 Å². The molecule has 2 aromatic carbocycles. The monoisotopic (exact) mass is 437 g/mol. The highest BCUT2D eigenvalue weighted by molar-refractivity contribution is 8.03. The number of nitriles is 1. The Bertz CT molecular complexity index is 1110. The molecule has 0 aromatic heterocycles. The summed E-state index contributed by atoms with van der Waals surface area (Å²) in [5, 5.41) is 13.4. The largest absolute Gasteiger partial charge is 0.463 e. The van der Waals surface area contributed by atoms with Gasteiger partial charge in [0.25, 0.3) is 0 Å². The Labute approximate surface area is 183 Å². The van der Waals surface area contributed by atoms with Crippen molar-refractivity contribution < 1.29 is 18.7 Å². The lowest BCUT2D eigenvalue weighted by Crippen LogP contribution is -2.30. The molecule has 0 unspecified atom stereocenters. The van der Waals surface area contributed by atoms with E-state index in [0.717, 1.165) is 11.8 Å². The van der Waals surface area contributed by atoms with Gasteiger partial charge in [-0.3, -0.25) is 4.79 Å². The number of amides is 1. The molecule has 0 fully saturated rings. The highest BCUT2D eigenvalue weighted by Crippen LogP contribution is 2.44. The summed E-state index contributed by atoms with van der Waals surface area (Å²) in [6.07, 6.45) is 0. The molecule has 1 aliphatic rings. The number of carbonyl (C=O) groups is 2. The second-order valence-corrected chi connectivity index (χ2v) is 7.55. The number of hydrogen-bond donors (Lipinski definition) is 2. The summed E-state index contributed by atoms with van der Waals surface area (Å²) >= 11 is 1.03. The molecule has 0 saturated carbocycles. The quantitative estimate of drug-likeness (QED) is 0.643. The van der Waals surface area contributed by atoms with Gasteiger partial charge in [0, 0.05) is 5.56 Å². The minimum Gasteiger partial charge on any atom is -0.463 e. The van der Waals surface area contributed by atoms with Crippen LogP contribution in [-0.4, -0.2) is 24.2 Å². The van der Waals surface area contributed by atoms with Crippen molar-refractivity contribution in [1.29, 1.82) is 5.26 Å². The van der Waals surface area contributed by atoms with Crippen molar-refractivity contribution in [3.63, 3.8) is 0 Å². The third kappa shape index (κ3) is 4.78. The molecule has 31 heavy (non-hydrogen) atoms. The van der Waals surface area contributed by atoms with Gasteiger partial charge in [-0.1, -0.05) is 60.3 Å². The van der Waals surface area contributed by atoms with Crippen molar-refractivity contribution in [3.8, 4) is 6.07 Å². The fourth-order valence-corrected chi connectivity index (χ4v) is 4.10. The highest BCUT2D eigenvalue weighted by atomic mass is 32.2. The second-order valence-electron chi connectivity index (χ2n) is 6.56. The maximum atomic E-state index is 14.9. The van der Waals surface area contributed by atoms with Gasteiger partial charge in [0.2, 0.25) is 5.91 Å². The number of nitrogens with one attached hydrogen (secondary N) is 1. The van der Waals surface area contributed by atoms with Gasteiger partial charge >= 0.3 is 5.97 Å². The van der Waals surface area contributed by atoms with Crippen molar-refractivity contribution in [2.24, 2.45) is 5.73 Å². The number of thioether (sulfide) groups is 1. The second kappa shape index (κ2) is 9.96. The number of halogens is 1. The fourth-order valence-electron chi connectivity index (χ4n) is 3.32. The lowest BCUT2D eigenvalue weighted by Gasteiger charge is -2.30. The van der Waals surface area contributed by atoms with Crippen molar-refractivity contribution in [1.82, 2.24) is 5.32 Å². The fraction of sp³-hybridized carbons (Fsp3) is 0.174. The molecule has 158 valence electrons. The molecule has 2 aromatic rings. The summed E-state index contributed by atoms with van der Waals surface area (Å²) < 4.78 is 20.1. The molecule has 6 nitrogen and oxygen atoms in total. The van der Waals surface area contributed by atoms with Gasteiger partial charge in [-0.15, -0.1) is 0 Å². The molecular formula is C23H20FN3O3S. The molecule has 0 spiro atoms. The molecule has 0 saturated heterocycles. The number of hydrogen-bond acceptors (Lipinski definition) is 6. The topological polar surface area (TPSA) is 105 Å². The maximum absolute atomic E-state index is 14.9. The molecule has 8 heteroatoms. The number of rotatable bonds is 7. The van der Waals surface area contributed by atoms with Gasteiger partial charge in [-0.2, -0.15) is 5.26 Å². The Morgan fingerprint density at radius 1 is 1.19 bits per heavy atom. The minimum atomic E-state index is -1.02. The summed E-state index contributed by atoms with van der Waals surface area (Å²) in [5.74, 6) is -2.89. The molecule has 1 amide bonds. The van der Waals surface area contributed by atoms with E-state index in [4.69, 9.17) is 10.5 Å². The van der Waals surface area contributed by atoms with Gasteiger partial charge in [-0.05, 0) is 18.6 Å². The van der Waals surface area contributed by atoms with Crippen LogP contribution in [0.1, 0.15) is 24.0 Å². The number of nitrogens with zero attached hydrogens (tertiary/aromatic N) is 1. The summed E-state index contributed by atoms with van der Waals surface area (Å²) in [7, 11) is 0. The maximum Gasteiger partial charge on any atom is 0.337 e. The molecule has 3 rings (SSSR count). The van der Waals surface area contributed by atoms with E-state index in [9.17, 15) is 19.2 Å². The standard InChI is InChI=1S/C23H20FN3O3S/c1-2-30-23(29)20-19(15-10-6-7-11-17(15)24)16(12-25)22(31-13-18(26)28)27-21(20)14-8-4-3-5-9-14/h3-11,19,27H,2,13H2,1H3,(H2,26,28)/t19-/m0/s1. The third-order valence-corrected chi connectivity index (χ3v) is 5.62. The van der Waals surface area contributed by atoms with Crippen LogP contribution in [0, 0.1) is 17.1 Å². The predicted octanol–water partition coefficient (Wildman–Crippen LogP) is 3.44. The van der Waals surface area contributed by atoms with Crippen LogP contribution in [0.4, 0.5) is 4.39 Å². The zero-order valence-electron chi connectivity index (χ0n) is 16.7. The van der Waals surface area contributed by atoms with E-state index in [1.165, 1.54) is 18.2 Å².